The maximum absolute atomic E-state index is 5.79. The van der Waals surface area contributed by atoms with E-state index in [1.807, 2.05) is 36.4 Å². The number of hydrogen-bond donors (Lipinski definition) is 1. The first-order chi connectivity index (χ1) is 10.8. The van der Waals surface area contributed by atoms with Crippen molar-refractivity contribution < 1.29 is 4.74 Å². The van der Waals surface area contributed by atoms with E-state index in [1.165, 1.54) is 0 Å². The fraction of sp³-hybridized carbons (Fsp3) is 0.176. The predicted octanol–water partition coefficient (Wildman–Crippen LogP) is 4.77. The molecule has 0 amide bonds. The van der Waals surface area contributed by atoms with Gasteiger partial charge in [0.15, 0.2) is 0 Å². The van der Waals surface area contributed by atoms with E-state index in [-0.39, 0.29) is 0 Å². The molecule has 1 heterocycles. The summed E-state index contributed by atoms with van der Waals surface area (Å²) in [7, 11) is 0. The molecule has 22 heavy (non-hydrogen) atoms. The Balaban J connectivity index is 1.98. The maximum atomic E-state index is 5.79. The Morgan fingerprint density at radius 3 is 2.86 bits per heavy atom. The van der Waals surface area contributed by atoms with Crippen molar-refractivity contribution in [1.82, 2.24) is 9.97 Å². The molecule has 1 N–H and O–H groups in total. The Morgan fingerprint density at radius 1 is 1.14 bits per heavy atom. The zero-order valence-corrected chi connectivity index (χ0v) is 14.4. The van der Waals surface area contributed by atoms with Crippen LogP contribution < -0.4 is 10.1 Å². The van der Waals surface area contributed by atoms with E-state index in [9.17, 15) is 0 Å². The van der Waals surface area contributed by atoms with Crippen molar-refractivity contribution in [2.45, 2.75) is 13.3 Å². The second-order valence-electron chi connectivity index (χ2n) is 4.85. The highest BCUT2D eigenvalue weighted by Crippen LogP contribution is 2.30. The second-order valence-corrected chi connectivity index (χ2v) is 6.10. The molecule has 0 radical (unpaired) electrons. The van der Waals surface area contributed by atoms with Crippen LogP contribution in [0, 0.1) is 3.57 Å². The zero-order chi connectivity index (χ0) is 15.4. The third-order valence-electron chi connectivity index (χ3n) is 3.20. The van der Waals surface area contributed by atoms with Gasteiger partial charge in [0.25, 0.3) is 0 Å². The van der Waals surface area contributed by atoms with Crippen LogP contribution in [0.25, 0.3) is 10.9 Å². The summed E-state index contributed by atoms with van der Waals surface area (Å²) in [6, 6.07) is 14.0. The summed E-state index contributed by atoms with van der Waals surface area (Å²) in [4.78, 5) is 8.69. The molecule has 1 aromatic heterocycles. The van der Waals surface area contributed by atoms with Gasteiger partial charge < -0.3 is 10.1 Å². The normalized spacial score (nSPS) is 10.6. The van der Waals surface area contributed by atoms with Gasteiger partial charge in [0.2, 0.25) is 0 Å². The van der Waals surface area contributed by atoms with Crippen LogP contribution in [0.5, 0.6) is 5.75 Å². The molecule has 0 aliphatic carbocycles. The molecule has 5 heteroatoms. The van der Waals surface area contributed by atoms with Crippen molar-refractivity contribution >= 4 is 45.0 Å². The first-order valence-electron chi connectivity index (χ1n) is 7.17. The van der Waals surface area contributed by atoms with Gasteiger partial charge in [0.05, 0.1) is 17.8 Å². The summed E-state index contributed by atoms with van der Waals surface area (Å²) in [5.74, 6) is 1.62. The number of nitrogens with zero attached hydrogens (tertiary/aromatic N) is 2. The van der Waals surface area contributed by atoms with Crippen molar-refractivity contribution in [3.8, 4) is 5.75 Å². The fourth-order valence-corrected chi connectivity index (χ4v) is 2.66. The number of benzene rings is 2. The number of fused-ring (bicyclic) bond motifs is 1. The van der Waals surface area contributed by atoms with E-state index in [0.29, 0.717) is 6.61 Å². The van der Waals surface area contributed by atoms with Gasteiger partial charge >= 0.3 is 0 Å². The molecule has 3 aromatic rings. The average molecular weight is 405 g/mol. The SMILES string of the molecule is CCCOc1ccccc1Nc1ncnc2ccc(I)cc12. The van der Waals surface area contributed by atoms with Crippen molar-refractivity contribution in [3.63, 3.8) is 0 Å². The van der Waals surface area contributed by atoms with Crippen LogP contribution in [-0.4, -0.2) is 16.6 Å². The minimum Gasteiger partial charge on any atom is -0.491 e. The number of nitrogens with one attached hydrogen (secondary N) is 1. The van der Waals surface area contributed by atoms with Gasteiger partial charge in [0.1, 0.15) is 17.9 Å². The van der Waals surface area contributed by atoms with Crippen LogP contribution >= 0.6 is 22.6 Å². The van der Waals surface area contributed by atoms with Crippen LogP contribution in [0.1, 0.15) is 13.3 Å². The lowest BCUT2D eigenvalue weighted by atomic mass is 10.2. The Hall–Kier alpha value is -1.89. The molecule has 0 spiro atoms. The Morgan fingerprint density at radius 2 is 2.00 bits per heavy atom. The molecule has 0 unspecified atom stereocenters. The lowest BCUT2D eigenvalue weighted by Crippen LogP contribution is -2.01. The second kappa shape index (κ2) is 6.91. The third-order valence-corrected chi connectivity index (χ3v) is 3.87. The molecular weight excluding hydrogens is 389 g/mol. The number of ether oxygens (including phenoxy) is 1. The minimum atomic E-state index is 0.696. The van der Waals surface area contributed by atoms with Crippen molar-refractivity contribution in [1.29, 1.82) is 0 Å². The summed E-state index contributed by atoms with van der Waals surface area (Å²) in [6.07, 6.45) is 2.55. The van der Waals surface area contributed by atoms with Gasteiger partial charge in [-0.2, -0.15) is 0 Å². The first kappa shape index (κ1) is 15.0. The lowest BCUT2D eigenvalue weighted by molar-refractivity contribution is 0.319. The zero-order valence-electron chi connectivity index (χ0n) is 12.2. The summed E-state index contributed by atoms with van der Waals surface area (Å²) in [5, 5.41) is 4.37. The Labute approximate surface area is 143 Å². The van der Waals surface area contributed by atoms with Crippen LogP contribution in [0.2, 0.25) is 0 Å². The third kappa shape index (κ3) is 3.30. The van der Waals surface area contributed by atoms with E-state index in [0.717, 1.165) is 38.1 Å². The molecule has 112 valence electrons. The van der Waals surface area contributed by atoms with E-state index in [4.69, 9.17) is 4.74 Å². The highest BCUT2D eigenvalue weighted by Gasteiger charge is 2.08. The van der Waals surface area contributed by atoms with E-state index < -0.39 is 0 Å². The molecular formula is C17H16IN3O. The summed E-state index contributed by atoms with van der Waals surface area (Å²) < 4.78 is 6.94. The molecule has 0 fully saturated rings. The van der Waals surface area contributed by atoms with Crippen molar-refractivity contribution in [2.24, 2.45) is 0 Å². The number of halogens is 1. The van der Waals surface area contributed by atoms with Crippen LogP contribution in [0.3, 0.4) is 0 Å². The number of anilines is 2. The predicted molar refractivity (Wildman–Crippen MR) is 97.8 cm³/mol. The standard InChI is InChI=1S/C17H16IN3O/c1-2-9-22-16-6-4-3-5-15(16)21-17-13-10-12(18)7-8-14(13)19-11-20-17/h3-8,10-11H,2,9H2,1H3,(H,19,20,21). The molecule has 0 aliphatic heterocycles. The average Bonchev–Trinajstić information content (AvgIpc) is 2.54. The van der Waals surface area contributed by atoms with Crippen molar-refractivity contribution in [3.05, 3.63) is 52.4 Å². The quantitative estimate of drug-likeness (QED) is 0.622. The van der Waals surface area contributed by atoms with Crippen LogP contribution in [-0.2, 0) is 0 Å². The molecule has 0 saturated heterocycles. The smallest absolute Gasteiger partial charge is 0.142 e. The Bertz CT molecular complexity index is 792. The summed E-state index contributed by atoms with van der Waals surface area (Å²) in [5.41, 5.74) is 1.83. The topological polar surface area (TPSA) is 47.0 Å². The molecule has 2 aromatic carbocycles. The maximum Gasteiger partial charge on any atom is 0.142 e. The summed E-state index contributed by atoms with van der Waals surface area (Å²) in [6.45, 7) is 2.79. The molecule has 4 nitrogen and oxygen atoms in total. The van der Waals surface area contributed by atoms with Gasteiger partial charge in [-0.3, -0.25) is 0 Å². The number of aromatic nitrogens is 2. The van der Waals surface area contributed by atoms with E-state index in [2.05, 4.69) is 50.9 Å². The lowest BCUT2D eigenvalue weighted by Gasteiger charge is -2.13. The van der Waals surface area contributed by atoms with E-state index in [1.54, 1.807) is 6.33 Å². The largest absolute Gasteiger partial charge is 0.491 e. The minimum absolute atomic E-state index is 0.696. The van der Waals surface area contributed by atoms with Crippen molar-refractivity contribution in [2.75, 3.05) is 11.9 Å². The molecule has 3 rings (SSSR count). The molecule has 0 bridgehead atoms. The Kier molecular flexibility index (Phi) is 4.72. The number of para-hydroxylation sites is 2. The van der Waals surface area contributed by atoms with Gasteiger partial charge in [-0.25, -0.2) is 9.97 Å². The van der Waals surface area contributed by atoms with Crippen LogP contribution in [0.15, 0.2) is 48.8 Å². The molecule has 0 aliphatic rings. The number of hydrogen-bond acceptors (Lipinski definition) is 4. The van der Waals surface area contributed by atoms with Gasteiger partial charge in [-0.05, 0) is 59.3 Å². The van der Waals surface area contributed by atoms with Gasteiger partial charge in [-0.1, -0.05) is 19.1 Å². The highest BCUT2D eigenvalue weighted by molar-refractivity contribution is 14.1. The fourth-order valence-electron chi connectivity index (χ4n) is 2.16. The van der Waals surface area contributed by atoms with Gasteiger partial charge in [0, 0.05) is 8.96 Å². The number of rotatable bonds is 5. The van der Waals surface area contributed by atoms with Gasteiger partial charge in [-0.15, -0.1) is 0 Å². The van der Waals surface area contributed by atoms with E-state index >= 15 is 0 Å². The monoisotopic (exact) mass is 405 g/mol. The highest BCUT2D eigenvalue weighted by atomic mass is 127. The molecule has 0 atom stereocenters. The summed E-state index contributed by atoms with van der Waals surface area (Å²) >= 11 is 2.29. The van der Waals surface area contributed by atoms with Crippen LogP contribution in [0.4, 0.5) is 11.5 Å². The molecule has 0 saturated carbocycles. The first-order valence-corrected chi connectivity index (χ1v) is 8.25.